The molecule has 1 saturated carbocycles. The molecule has 348 valence electrons. The van der Waals surface area contributed by atoms with Gasteiger partial charge in [0.1, 0.15) is 17.5 Å². The number of halogens is 2. The van der Waals surface area contributed by atoms with Gasteiger partial charge in [0.15, 0.2) is 5.82 Å². The zero-order chi connectivity index (χ0) is 46.4. The number of aromatic nitrogens is 2. The number of hydrogen-bond acceptors (Lipinski definition) is 14. The summed E-state index contributed by atoms with van der Waals surface area (Å²) in [6.07, 6.45) is 5.61. The third-order valence-electron chi connectivity index (χ3n) is 13.5. The first-order chi connectivity index (χ1) is 31.7. The van der Waals surface area contributed by atoms with E-state index < -0.39 is 48.0 Å². The van der Waals surface area contributed by atoms with Crippen molar-refractivity contribution in [2.45, 2.75) is 75.4 Å². The number of benzene rings is 2. The second kappa shape index (κ2) is 17.9. The van der Waals surface area contributed by atoms with Crippen LogP contribution in [-0.4, -0.2) is 157 Å². The molecule has 2 aromatic carbocycles. The maximum atomic E-state index is 15.1. The highest BCUT2D eigenvalue weighted by molar-refractivity contribution is 6.23. The van der Waals surface area contributed by atoms with Crippen LogP contribution in [0.3, 0.4) is 0 Å². The van der Waals surface area contributed by atoms with Crippen molar-refractivity contribution in [1.82, 2.24) is 35.3 Å². The highest BCUT2D eigenvalue weighted by atomic mass is 19.3. The molecule has 3 saturated heterocycles. The lowest BCUT2D eigenvalue weighted by atomic mass is 10.0. The van der Waals surface area contributed by atoms with Gasteiger partial charge in [0.2, 0.25) is 23.7 Å². The SMILES string of the molecule is COc1cc(C(=O)N[C@H]2CCN(C(=O)CCN3CCN(c4ccc5c(c4)C(=O)N(C4CCC(=O)NC4=O)C5=O)CC3)C2)ccc1Nc1ncc2c(n1)N(C1CCCC1)CC(F)(F)C(=O)N2C. The average molecular weight is 912 g/mol. The topological polar surface area (TPSA) is 210 Å². The third-order valence-corrected chi connectivity index (χ3v) is 13.5. The summed E-state index contributed by atoms with van der Waals surface area (Å²) in [6, 6.07) is 8.43. The van der Waals surface area contributed by atoms with Gasteiger partial charge in [-0.3, -0.25) is 48.7 Å². The Morgan fingerprint density at radius 3 is 2.42 bits per heavy atom. The number of nitrogens with zero attached hydrogens (tertiary/aromatic N) is 8. The van der Waals surface area contributed by atoms with Gasteiger partial charge in [-0.1, -0.05) is 12.8 Å². The minimum Gasteiger partial charge on any atom is -0.495 e. The van der Waals surface area contributed by atoms with Crippen LogP contribution in [0.4, 0.5) is 37.6 Å². The molecule has 5 aliphatic heterocycles. The number of anilines is 5. The number of hydrogen-bond donors (Lipinski definition) is 3. The molecule has 4 fully saturated rings. The monoisotopic (exact) mass is 911 g/mol. The molecule has 0 bridgehead atoms. The molecule has 1 unspecified atom stereocenters. The number of ether oxygens (including phenoxy) is 1. The maximum absolute atomic E-state index is 15.1. The Balaban J connectivity index is 0.751. The quantitative estimate of drug-likeness (QED) is 0.236. The minimum absolute atomic E-state index is 0.00742. The molecule has 0 spiro atoms. The molecule has 6 heterocycles. The van der Waals surface area contributed by atoms with Crippen molar-refractivity contribution >= 4 is 70.2 Å². The van der Waals surface area contributed by atoms with Crippen molar-refractivity contribution in [1.29, 1.82) is 0 Å². The van der Waals surface area contributed by atoms with Gasteiger partial charge in [-0.05, 0) is 62.1 Å². The van der Waals surface area contributed by atoms with E-state index in [1.807, 2.05) is 0 Å². The van der Waals surface area contributed by atoms with E-state index in [9.17, 15) is 33.6 Å². The summed E-state index contributed by atoms with van der Waals surface area (Å²) in [4.78, 5) is 108. The number of piperazine rings is 1. The summed E-state index contributed by atoms with van der Waals surface area (Å²) in [5.74, 6) is -6.79. The van der Waals surface area contributed by atoms with Crippen LogP contribution in [0.1, 0.15) is 82.4 Å². The average Bonchev–Trinajstić information content (AvgIpc) is 4.07. The predicted octanol–water partition coefficient (Wildman–Crippen LogP) is 2.53. The Hall–Kier alpha value is -6.77. The standard InChI is InChI=1S/C45H51F2N11O8/c1-53-34-23-48-44(52-38(34)57(28-5-3-4-6-28)25-45(46,47)43(53)65)50-32-10-7-26(21-35(32)66-2)39(61)49-27-13-16-56(24-27)37(60)14-15-54-17-19-55(20-18-54)29-8-9-30-31(22-29)42(64)58(41(30)63)33-11-12-36(59)51-40(33)62/h7-10,21-23,27-28,33H,3-6,11-20,24-25H2,1-2H3,(H,49,61)(H,48,50,52)(H,51,59,62)/t27-,33?/m0/s1. The first kappa shape index (κ1) is 44.4. The Bertz CT molecular complexity index is 2490. The van der Waals surface area contributed by atoms with Crippen molar-refractivity contribution in [3.05, 3.63) is 59.3 Å². The van der Waals surface area contributed by atoms with Crippen LogP contribution in [0.15, 0.2) is 42.6 Å². The van der Waals surface area contributed by atoms with E-state index in [1.54, 1.807) is 41.3 Å². The second-order valence-electron chi connectivity index (χ2n) is 17.6. The van der Waals surface area contributed by atoms with Gasteiger partial charge in [0.25, 0.3) is 23.6 Å². The molecule has 1 aliphatic carbocycles. The highest BCUT2D eigenvalue weighted by Crippen LogP contribution is 2.40. The number of carbonyl (C=O) groups is 7. The lowest BCUT2D eigenvalue weighted by molar-refractivity contribution is -0.140. The van der Waals surface area contributed by atoms with E-state index in [-0.39, 0.29) is 65.3 Å². The van der Waals surface area contributed by atoms with E-state index in [1.165, 1.54) is 25.3 Å². The van der Waals surface area contributed by atoms with Crippen LogP contribution in [-0.2, 0) is 19.2 Å². The smallest absolute Gasteiger partial charge is 0.342 e. The number of fused-ring (bicyclic) bond motifs is 2. The lowest BCUT2D eigenvalue weighted by Crippen LogP contribution is -2.54. The highest BCUT2D eigenvalue weighted by Gasteiger charge is 2.49. The van der Waals surface area contributed by atoms with Gasteiger partial charge in [-0.2, -0.15) is 13.8 Å². The maximum Gasteiger partial charge on any atom is 0.342 e. The van der Waals surface area contributed by atoms with Crippen LogP contribution in [0.25, 0.3) is 0 Å². The van der Waals surface area contributed by atoms with Crippen LogP contribution in [0.5, 0.6) is 5.75 Å². The number of piperidine rings is 1. The van der Waals surface area contributed by atoms with Crippen LogP contribution >= 0.6 is 0 Å². The fourth-order valence-electron chi connectivity index (χ4n) is 9.83. The van der Waals surface area contributed by atoms with E-state index >= 15 is 8.78 Å². The third kappa shape index (κ3) is 8.58. The fourth-order valence-corrected chi connectivity index (χ4v) is 9.83. The summed E-state index contributed by atoms with van der Waals surface area (Å²) in [6.45, 7) is 3.28. The molecule has 21 heteroatoms. The molecule has 3 N–H and O–H groups in total. The van der Waals surface area contributed by atoms with Crippen molar-refractivity contribution in [3.8, 4) is 5.75 Å². The normalized spacial score (nSPS) is 22.4. The zero-order valence-electron chi connectivity index (χ0n) is 36.7. The van der Waals surface area contributed by atoms with Gasteiger partial charge in [-0.25, -0.2) is 4.98 Å². The first-order valence-corrected chi connectivity index (χ1v) is 22.4. The Kier molecular flexibility index (Phi) is 12.0. The summed E-state index contributed by atoms with van der Waals surface area (Å²) in [5, 5.41) is 8.34. The summed E-state index contributed by atoms with van der Waals surface area (Å²) in [7, 11) is 2.75. The molecule has 0 radical (unpaired) electrons. The van der Waals surface area contributed by atoms with Crippen molar-refractivity contribution < 1.29 is 47.1 Å². The van der Waals surface area contributed by atoms with E-state index in [0.29, 0.717) is 88.5 Å². The van der Waals surface area contributed by atoms with Gasteiger partial charge in [0, 0.05) is 89.0 Å². The van der Waals surface area contributed by atoms with Gasteiger partial charge in [0.05, 0.1) is 36.7 Å². The Morgan fingerprint density at radius 2 is 1.68 bits per heavy atom. The van der Waals surface area contributed by atoms with Crippen molar-refractivity contribution in [2.75, 3.05) is 86.5 Å². The summed E-state index contributed by atoms with van der Waals surface area (Å²) in [5.41, 5.74) is 2.19. The molecular weight excluding hydrogens is 861 g/mol. The molecule has 19 nitrogen and oxygen atoms in total. The predicted molar refractivity (Wildman–Crippen MR) is 235 cm³/mol. The Labute approximate surface area is 378 Å². The first-order valence-electron chi connectivity index (χ1n) is 22.4. The van der Waals surface area contributed by atoms with E-state index in [4.69, 9.17) is 4.74 Å². The summed E-state index contributed by atoms with van der Waals surface area (Å²) >= 11 is 0. The lowest BCUT2D eigenvalue weighted by Gasteiger charge is -2.36. The summed E-state index contributed by atoms with van der Waals surface area (Å²) < 4.78 is 35.7. The van der Waals surface area contributed by atoms with Crippen molar-refractivity contribution in [3.63, 3.8) is 0 Å². The second-order valence-corrected chi connectivity index (χ2v) is 17.6. The van der Waals surface area contributed by atoms with E-state index in [0.717, 1.165) is 28.3 Å². The number of alkyl halides is 2. The fraction of sp³-hybridized carbons (Fsp3) is 0.489. The van der Waals surface area contributed by atoms with Crippen molar-refractivity contribution in [2.24, 2.45) is 0 Å². The largest absolute Gasteiger partial charge is 0.495 e. The van der Waals surface area contributed by atoms with Gasteiger partial charge < -0.3 is 35.0 Å². The van der Waals surface area contributed by atoms with Crippen LogP contribution < -0.4 is 35.4 Å². The van der Waals surface area contributed by atoms with Gasteiger partial charge in [-0.15, -0.1) is 0 Å². The molecule has 7 amide bonds. The minimum atomic E-state index is -3.60. The molecule has 9 rings (SSSR count). The van der Waals surface area contributed by atoms with Crippen LogP contribution in [0.2, 0.25) is 0 Å². The molecular formula is C45H51F2N11O8. The number of rotatable bonds is 11. The Morgan fingerprint density at radius 1 is 0.924 bits per heavy atom. The molecule has 3 aromatic rings. The number of methoxy groups -OCH3 is 1. The van der Waals surface area contributed by atoms with E-state index in [2.05, 4.69) is 35.7 Å². The number of carbonyl (C=O) groups excluding carboxylic acids is 7. The number of amides is 7. The van der Waals surface area contributed by atoms with Crippen LogP contribution in [0, 0.1) is 0 Å². The molecule has 2 atom stereocenters. The molecule has 66 heavy (non-hydrogen) atoms. The number of imide groups is 2. The molecule has 6 aliphatic rings. The number of likely N-dealkylation sites (tertiary alicyclic amines) is 1. The van der Waals surface area contributed by atoms with Gasteiger partial charge >= 0.3 is 5.92 Å². The number of nitrogens with one attached hydrogen (secondary N) is 3. The zero-order valence-corrected chi connectivity index (χ0v) is 36.7. The molecule has 1 aromatic heterocycles.